The van der Waals surface area contributed by atoms with Crippen molar-refractivity contribution in [2.24, 2.45) is 0 Å². The van der Waals surface area contributed by atoms with Crippen LogP contribution in [-0.2, 0) is 14.3 Å². The topological polar surface area (TPSA) is 75.6 Å². The van der Waals surface area contributed by atoms with Crippen molar-refractivity contribution in [2.45, 2.75) is 26.3 Å². The van der Waals surface area contributed by atoms with Crippen LogP contribution in [0.25, 0.3) is 0 Å². The van der Waals surface area contributed by atoms with Gasteiger partial charge in [-0.05, 0) is 13.3 Å². The Labute approximate surface area is 77.1 Å². The fraction of sp³-hybridized carbons (Fsp3) is 0.750. The Morgan fingerprint density at radius 3 is 2.62 bits per heavy atom. The van der Waals surface area contributed by atoms with Crippen molar-refractivity contribution in [3.63, 3.8) is 0 Å². The number of amides is 1. The molecule has 1 atom stereocenters. The molecule has 0 aromatic carbocycles. The fourth-order valence-corrected chi connectivity index (χ4v) is 0.654. The van der Waals surface area contributed by atoms with E-state index in [2.05, 4.69) is 5.32 Å². The molecule has 0 aliphatic carbocycles. The van der Waals surface area contributed by atoms with Crippen LogP contribution >= 0.6 is 0 Å². The molecule has 1 amide bonds. The molecule has 0 aliphatic rings. The Morgan fingerprint density at radius 1 is 1.54 bits per heavy atom. The predicted molar refractivity (Wildman–Crippen MR) is 46.4 cm³/mol. The summed E-state index contributed by atoms with van der Waals surface area (Å²) in [7, 11) is 0. The fourth-order valence-electron chi connectivity index (χ4n) is 0.654. The first-order valence-corrected chi connectivity index (χ1v) is 4.17. The molecule has 0 aromatic heterocycles. The van der Waals surface area contributed by atoms with Crippen molar-refractivity contribution in [1.29, 1.82) is 0 Å². The minimum atomic E-state index is -1.05. The third-order valence-corrected chi connectivity index (χ3v) is 1.33. The SMILES string of the molecule is CCCOCC(=O)N[C@H](C)C(=O)O. The lowest BCUT2D eigenvalue weighted by Gasteiger charge is -2.08. The van der Waals surface area contributed by atoms with Crippen molar-refractivity contribution in [1.82, 2.24) is 5.32 Å². The van der Waals surface area contributed by atoms with Gasteiger partial charge in [-0.1, -0.05) is 6.92 Å². The minimum absolute atomic E-state index is 0.0779. The molecular weight excluding hydrogens is 174 g/mol. The quantitative estimate of drug-likeness (QED) is 0.577. The lowest BCUT2D eigenvalue weighted by molar-refractivity contribution is -0.142. The summed E-state index contributed by atoms with van der Waals surface area (Å²) in [6.45, 7) is 3.76. The largest absolute Gasteiger partial charge is 0.480 e. The van der Waals surface area contributed by atoms with Crippen molar-refractivity contribution in [3.05, 3.63) is 0 Å². The zero-order valence-corrected chi connectivity index (χ0v) is 7.87. The molecule has 0 radical (unpaired) electrons. The highest BCUT2D eigenvalue weighted by Gasteiger charge is 2.13. The summed E-state index contributed by atoms with van der Waals surface area (Å²) in [5.41, 5.74) is 0. The average Bonchev–Trinajstić information content (AvgIpc) is 2.04. The van der Waals surface area contributed by atoms with Crippen molar-refractivity contribution < 1.29 is 19.4 Å². The molecule has 5 nitrogen and oxygen atoms in total. The van der Waals surface area contributed by atoms with Crippen LogP contribution in [0.5, 0.6) is 0 Å². The summed E-state index contributed by atoms with van der Waals surface area (Å²) >= 11 is 0. The molecule has 0 rings (SSSR count). The number of carboxylic acid groups (broad SMARTS) is 1. The maximum Gasteiger partial charge on any atom is 0.325 e. The van der Waals surface area contributed by atoms with E-state index in [1.165, 1.54) is 6.92 Å². The molecule has 0 bridgehead atoms. The van der Waals surface area contributed by atoms with Crippen LogP contribution in [0, 0.1) is 0 Å². The standard InChI is InChI=1S/C8H15NO4/c1-3-4-13-5-7(10)9-6(2)8(11)12/h6H,3-5H2,1-2H3,(H,9,10)(H,11,12)/t6-/m1/s1. The number of hydrogen-bond donors (Lipinski definition) is 2. The van der Waals surface area contributed by atoms with E-state index >= 15 is 0 Å². The summed E-state index contributed by atoms with van der Waals surface area (Å²) in [6, 6.07) is -0.863. The Morgan fingerprint density at radius 2 is 2.15 bits per heavy atom. The smallest absolute Gasteiger partial charge is 0.325 e. The first-order chi connectivity index (χ1) is 6.07. The Hall–Kier alpha value is -1.10. The van der Waals surface area contributed by atoms with Crippen LogP contribution in [0.3, 0.4) is 0 Å². The van der Waals surface area contributed by atoms with Crippen LogP contribution in [0.15, 0.2) is 0 Å². The van der Waals surface area contributed by atoms with Gasteiger partial charge >= 0.3 is 5.97 Å². The van der Waals surface area contributed by atoms with E-state index in [1.54, 1.807) is 0 Å². The van der Waals surface area contributed by atoms with Gasteiger partial charge in [0.1, 0.15) is 12.6 Å². The molecule has 5 heteroatoms. The van der Waals surface area contributed by atoms with Crippen LogP contribution in [0.4, 0.5) is 0 Å². The molecule has 76 valence electrons. The molecule has 0 aliphatic heterocycles. The first-order valence-electron chi connectivity index (χ1n) is 4.17. The van der Waals surface area contributed by atoms with Gasteiger partial charge < -0.3 is 15.2 Å². The van der Waals surface area contributed by atoms with Crippen LogP contribution in [-0.4, -0.2) is 36.2 Å². The minimum Gasteiger partial charge on any atom is -0.480 e. The summed E-state index contributed by atoms with van der Waals surface area (Å²) in [4.78, 5) is 21.2. The lowest BCUT2D eigenvalue weighted by Crippen LogP contribution is -2.40. The monoisotopic (exact) mass is 189 g/mol. The number of nitrogens with one attached hydrogen (secondary N) is 1. The van der Waals surface area contributed by atoms with E-state index in [0.29, 0.717) is 6.61 Å². The number of carbonyl (C=O) groups excluding carboxylic acids is 1. The van der Waals surface area contributed by atoms with E-state index in [4.69, 9.17) is 9.84 Å². The van der Waals surface area contributed by atoms with Gasteiger partial charge in [0.25, 0.3) is 0 Å². The lowest BCUT2D eigenvalue weighted by atomic mass is 10.3. The van der Waals surface area contributed by atoms with E-state index in [1.807, 2.05) is 6.92 Å². The molecule has 13 heavy (non-hydrogen) atoms. The van der Waals surface area contributed by atoms with Gasteiger partial charge in [0.15, 0.2) is 0 Å². The van der Waals surface area contributed by atoms with Crippen LogP contribution in [0.2, 0.25) is 0 Å². The third kappa shape index (κ3) is 6.10. The highest BCUT2D eigenvalue weighted by Crippen LogP contribution is 1.84. The van der Waals surface area contributed by atoms with Gasteiger partial charge in [0.2, 0.25) is 5.91 Å². The molecule has 2 N–H and O–H groups in total. The van der Waals surface area contributed by atoms with Crippen molar-refractivity contribution in [2.75, 3.05) is 13.2 Å². The molecule has 0 saturated heterocycles. The highest BCUT2D eigenvalue weighted by molar-refractivity contribution is 5.83. The number of hydrogen-bond acceptors (Lipinski definition) is 3. The zero-order valence-electron chi connectivity index (χ0n) is 7.87. The number of carboxylic acids is 1. The van der Waals surface area contributed by atoms with Crippen LogP contribution < -0.4 is 5.32 Å². The number of carbonyl (C=O) groups is 2. The Bertz CT molecular complexity index is 181. The van der Waals surface area contributed by atoms with Crippen molar-refractivity contribution in [3.8, 4) is 0 Å². The number of aliphatic carboxylic acids is 1. The molecule has 0 heterocycles. The molecule has 0 spiro atoms. The average molecular weight is 189 g/mol. The number of ether oxygens (including phenoxy) is 1. The van der Waals surface area contributed by atoms with Gasteiger partial charge in [-0.3, -0.25) is 9.59 Å². The summed E-state index contributed by atoms with van der Waals surface area (Å²) < 4.78 is 4.92. The summed E-state index contributed by atoms with van der Waals surface area (Å²) in [5.74, 6) is -1.45. The van der Waals surface area contributed by atoms with E-state index in [9.17, 15) is 9.59 Å². The van der Waals surface area contributed by atoms with Gasteiger partial charge in [0.05, 0.1) is 0 Å². The molecule has 0 saturated carbocycles. The number of rotatable bonds is 6. The predicted octanol–water partition coefficient (Wildman–Crippen LogP) is 0.00230. The van der Waals surface area contributed by atoms with E-state index < -0.39 is 17.9 Å². The molecule has 0 fully saturated rings. The maximum atomic E-state index is 10.9. The molecular formula is C8H15NO4. The van der Waals surface area contributed by atoms with E-state index in [-0.39, 0.29) is 6.61 Å². The maximum absolute atomic E-state index is 10.9. The second-order valence-corrected chi connectivity index (χ2v) is 2.68. The van der Waals surface area contributed by atoms with E-state index in [0.717, 1.165) is 6.42 Å². The van der Waals surface area contributed by atoms with Crippen LogP contribution in [0.1, 0.15) is 20.3 Å². The molecule has 0 aromatic rings. The second kappa shape index (κ2) is 6.42. The summed E-state index contributed by atoms with van der Waals surface area (Å²) in [6.07, 6.45) is 0.835. The van der Waals surface area contributed by atoms with Gasteiger partial charge in [-0.15, -0.1) is 0 Å². The normalized spacial score (nSPS) is 12.2. The van der Waals surface area contributed by atoms with Crippen molar-refractivity contribution >= 4 is 11.9 Å². The third-order valence-electron chi connectivity index (χ3n) is 1.33. The summed E-state index contributed by atoms with van der Waals surface area (Å²) in [5, 5.41) is 10.7. The molecule has 0 unspecified atom stereocenters. The second-order valence-electron chi connectivity index (χ2n) is 2.68. The highest BCUT2D eigenvalue weighted by atomic mass is 16.5. The zero-order chi connectivity index (χ0) is 10.3. The first kappa shape index (κ1) is 11.9. The Balaban J connectivity index is 3.56. The van der Waals surface area contributed by atoms with Gasteiger partial charge in [-0.2, -0.15) is 0 Å². The van der Waals surface area contributed by atoms with Gasteiger partial charge in [-0.25, -0.2) is 0 Å². The Kier molecular flexibility index (Phi) is 5.88. The van der Waals surface area contributed by atoms with Gasteiger partial charge in [0, 0.05) is 6.61 Å².